The highest BCUT2D eigenvalue weighted by molar-refractivity contribution is 5.96. The van der Waals surface area contributed by atoms with Crippen LogP contribution in [0.2, 0.25) is 0 Å². The predicted octanol–water partition coefficient (Wildman–Crippen LogP) is 5.71. The monoisotopic (exact) mass is 418 g/mol. The molecule has 2 rings (SSSR count). The number of hydrogen-bond acceptors (Lipinski definition) is 4. The second kappa shape index (κ2) is 8.78. The molecule has 1 heterocycles. The van der Waals surface area contributed by atoms with Crippen LogP contribution < -0.4 is 0 Å². The molecule has 0 saturated carbocycles. The minimum Gasteiger partial charge on any atom is -0.436 e. The van der Waals surface area contributed by atoms with Crippen LogP contribution in [0.4, 0.5) is 0 Å². The predicted molar refractivity (Wildman–Crippen MR) is 121 cm³/mol. The molecule has 0 N–H and O–H groups in total. The number of esters is 1. The highest BCUT2D eigenvalue weighted by Gasteiger charge is 2.30. The second-order valence-corrected chi connectivity index (χ2v) is 9.49. The van der Waals surface area contributed by atoms with Crippen molar-refractivity contribution in [2.45, 2.75) is 67.3 Å². The number of rotatable bonds is 4. The third-order valence-corrected chi connectivity index (χ3v) is 4.91. The van der Waals surface area contributed by atoms with Gasteiger partial charge in [-0.3, -0.25) is 9.48 Å². The smallest absolute Gasteiger partial charge is 0.315 e. The standard InChI is InChI=1S/C25H30N4O2/c1-10-29-21(19(15-26)16(2)28-29)22(31-23(30)25(6,7)8)20(27-9)17-11-13-18(14-12-17)24(3,4)5/h11-14H,10H2,1-8H3/b22-20+. The lowest BCUT2D eigenvalue weighted by Crippen LogP contribution is -2.23. The van der Waals surface area contributed by atoms with Gasteiger partial charge in [0, 0.05) is 6.54 Å². The Kier molecular flexibility index (Phi) is 6.76. The van der Waals surface area contributed by atoms with E-state index in [0.717, 1.165) is 5.56 Å². The Bertz CT molecular complexity index is 1090. The van der Waals surface area contributed by atoms with Crippen LogP contribution in [0.25, 0.3) is 16.3 Å². The first-order valence-corrected chi connectivity index (χ1v) is 10.3. The van der Waals surface area contributed by atoms with Crippen molar-refractivity contribution >= 4 is 17.4 Å². The van der Waals surface area contributed by atoms with Gasteiger partial charge in [0.25, 0.3) is 0 Å². The molecule has 0 aliphatic heterocycles. The summed E-state index contributed by atoms with van der Waals surface area (Å²) in [7, 11) is 0. The molecule has 0 fully saturated rings. The number of nitrogens with zero attached hydrogens (tertiary/aromatic N) is 4. The molecule has 0 unspecified atom stereocenters. The van der Waals surface area contributed by atoms with Crippen molar-refractivity contribution < 1.29 is 9.53 Å². The minimum atomic E-state index is -0.784. The summed E-state index contributed by atoms with van der Waals surface area (Å²) in [6.07, 6.45) is 0. The zero-order valence-electron chi connectivity index (χ0n) is 19.6. The van der Waals surface area contributed by atoms with Crippen molar-refractivity contribution in [2.75, 3.05) is 0 Å². The van der Waals surface area contributed by atoms with Gasteiger partial charge in [-0.1, -0.05) is 45.0 Å². The van der Waals surface area contributed by atoms with Crippen LogP contribution in [0.15, 0.2) is 24.3 Å². The Morgan fingerprint density at radius 2 is 1.77 bits per heavy atom. The van der Waals surface area contributed by atoms with Crippen molar-refractivity contribution in [1.82, 2.24) is 9.78 Å². The summed E-state index contributed by atoms with van der Waals surface area (Å²) in [6.45, 7) is 23.5. The number of nitriles is 1. The molecule has 2 aromatic rings. The van der Waals surface area contributed by atoms with Gasteiger partial charge in [-0.25, -0.2) is 4.85 Å². The Labute approximate surface area is 185 Å². The topological polar surface area (TPSA) is 72.3 Å². The number of ether oxygens (including phenoxy) is 1. The van der Waals surface area contributed by atoms with E-state index in [4.69, 9.17) is 11.3 Å². The lowest BCUT2D eigenvalue weighted by Gasteiger charge is -2.21. The summed E-state index contributed by atoms with van der Waals surface area (Å²) >= 11 is 0. The van der Waals surface area contributed by atoms with E-state index >= 15 is 0 Å². The van der Waals surface area contributed by atoms with Crippen LogP contribution in [0, 0.1) is 30.2 Å². The van der Waals surface area contributed by atoms with Gasteiger partial charge >= 0.3 is 5.97 Å². The number of benzene rings is 1. The van der Waals surface area contributed by atoms with Gasteiger partial charge in [-0.05, 0) is 51.2 Å². The molecule has 0 atom stereocenters. The Morgan fingerprint density at radius 3 is 2.19 bits per heavy atom. The summed E-state index contributed by atoms with van der Waals surface area (Å²) in [6, 6.07) is 9.80. The number of carbonyl (C=O) groups excluding carboxylic acids is 1. The number of hydrogen-bond donors (Lipinski definition) is 0. The van der Waals surface area contributed by atoms with Crippen LogP contribution in [-0.4, -0.2) is 15.7 Å². The van der Waals surface area contributed by atoms with Gasteiger partial charge in [-0.2, -0.15) is 10.4 Å². The Morgan fingerprint density at radius 1 is 1.19 bits per heavy atom. The van der Waals surface area contributed by atoms with Gasteiger partial charge in [0.2, 0.25) is 5.70 Å². The average Bonchev–Trinajstić information content (AvgIpc) is 3.01. The van der Waals surface area contributed by atoms with Gasteiger partial charge < -0.3 is 4.74 Å². The van der Waals surface area contributed by atoms with Gasteiger partial charge in [0.1, 0.15) is 17.3 Å². The molecule has 0 spiro atoms. The summed E-state index contributed by atoms with van der Waals surface area (Å²) in [5.74, 6) is -0.419. The molecule has 0 aliphatic carbocycles. The fourth-order valence-electron chi connectivity index (χ4n) is 3.00. The van der Waals surface area contributed by atoms with Crippen molar-refractivity contribution in [2.24, 2.45) is 5.41 Å². The van der Waals surface area contributed by atoms with E-state index in [2.05, 4.69) is 36.8 Å². The maximum absolute atomic E-state index is 12.8. The highest BCUT2D eigenvalue weighted by atomic mass is 16.5. The first kappa shape index (κ1) is 23.9. The molecule has 0 radical (unpaired) electrons. The highest BCUT2D eigenvalue weighted by Crippen LogP contribution is 2.34. The number of aryl methyl sites for hydroxylation is 2. The summed E-state index contributed by atoms with van der Waals surface area (Å²) in [4.78, 5) is 16.5. The SMILES string of the molecule is [C-]#[N+]/C(=C(/OC(=O)C(C)(C)C)c1c(C#N)c(C)nn1CC)c1ccc(C(C)(C)C)cc1. The summed E-state index contributed by atoms with van der Waals surface area (Å²) in [5, 5.41) is 14.2. The lowest BCUT2D eigenvalue weighted by atomic mass is 9.86. The lowest BCUT2D eigenvalue weighted by molar-refractivity contribution is -0.145. The summed E-state index contributed by atoms with van der Waals surface area (Å²) in [5.41, 5.74) is 2.27. The van der Waals surface area contributed by atoms with E-state index in [0.29, 0.717) is 29.1 Å². The average molecular weight is 419 g/mol. The zero-order chi connectivity index (χ0) is 23.6. The molecule has 162 valence electrons. The largest absolute Gasteiger partial charge is 0.436 e. The second-order valence-electron chi connectivity index (χ2n) is 9.49. The number of aromatic nitrogens is 2. The quantitative estimate of drug-likeness (QED) is 0.362. The molecule has 0 bridgehead atoms. The molecule has 6 nitrogen and oxygen atoms in total. The van der Waals surface area contributed by atoms with E-state index in [9.17, 15) is 10.1 Å². The van der Waals surface area contributed by atoms with E-state index in [1.807, 2.05) is 31.2 Å². The third kappa shape index (κ3) is 5.03. The van der Waals surface area contributed by atoms with Crippen molar-refractivity contribution in [3.63, 3.8) is 0 Å². The van der Waals surface area contributed by atoms with Crippen LogP contribution in [0.5, 0.6) is 0 Å². The fraction of sp³-hybridized carbons (Fsp3) is 0.440. The molecule has 1 aromatic carbocycles. The summed E-state index contributed by atoms with van der Waals surface area (Å²) < 4.78 is 7.42. The van der Waals surface area contributed by atoms with Crippen LogP contribution >= 0.6 is 0 Å². The molecule has 0 saturated heterocycles. The molecule has 6 heteroatoms. The van der Waals surface area contributed by atoms with Gasteiger partial charge in [-0.15, -0.1) is 0 Å². The zero-order valence-corrected chi connectivity index (χ0v) is 19.6. The normalized spacial score (nSPS) is 12.6. The molecule has 1 aromatic heterocycles. The molecule has 0 amide bonds. The van der Waals surface area contributed by atoms with E-state index < -0.39 is 11.4 Å². The van der Waals surface area contributed by atoms with Crippen molar-refractivity contribution in [3.8, 4) is 6.07 Å². The van der Waals surface area contributed by atoms with Gasteiger partial charge in [0.15, 0.2) is 5.76 Å². The van der Waals surface area contributed by atoms with E-state index in [-0.39, 0.29) is 16.9 Å². The number of carbonyl (C=O) groups is 1. The third-order valence-electron chi connectivity index (χ3n) is 4.91. The minimum absolute atomic E-state index is 0.0338. The van der Waals surface area contributed by atoms with Crippen LogP contribution in [0.3, 0.4) is 0 Å². The maximum atomic E-state index is 12.8. The molecule has 31 heavy (non-hydrogen) atoms. The van der Waals surface area contributed by atoms with Crippen molar-refractivity contribution in [1.29, 1.82) is 5.26 Å². The molecular weight excluding hydrogens is 388 g/mol. The first-order chi connectivity index (χ1) is 14.3. The van der Waals surface area contributed by atoms with Gasteiger partial charge in [0.05, 0.1) is 17.7 Å². The van der Waals surface area contributed by atoms with Crippen molar-refractivity contribution in [3.05, 3.63) is 63.8 Å². The van der Waals surface area contributed by atoms with E-state index in [1.165, 1.54) is 0 Å². The Balaban J connectivity index is 2.83. The Hall–Kier alpha value is -3.38. The fourth-order valence-corrected chi connectivity index (χ4v) is 3.00. The van der Waals surface area contributed by atoms with Crippen LogP contribution in [-0.2, 0) is 21.5 Å². The van der Waals surface area contributed by atoms with E-state index in [1.54, 1.807) is 32.4 Å². The van der Waals surface area contributed by atoms with Crippen LogP contribution in [0.1, 0.15) is 76.5 Å². The first-order valence-electron chi connectivity index (χ1n) is 10.3. The molecular formula is C25H30N4O2. The molecule has 0 aliphatic rings. The maximum Gasteiger partial charge on any atom is 0.315 e.